The second kappa shape index (κ2) is 33.7. The Hall–Kier alpha value is -2.45. The van der Waals surface area contributed by atoms with Gasteiger partial charge >= 0.3 is 17.9 Å². The summed E-state index contributed by atoms with van der Waals surface area (Å²) in [4.78, 5) is 36.8. The quantitative estimate of drug-likeness (QED) is 0.0230. The summed E-state index contributed by atoms with van der Waals surface area (Å²) in [6.45, 7) is 4.62. The van der Waals surface area contributed by atoms with Crippen LogP contribution in [0.4, 0.5) is 0 Å². The Bertz CT molecular complexity index is 922. The van der Waals surface area contributed by atoms with Gasteiger partial charge in [-0.3, -0.25) is 9.59 Å². The number of carbonyl (C=O) groups is 3. The maximum atomic E-state index is 12.6. The Morgan fingerprint density at radius 3 is 1.64 bits per heavy atom. The molecule has 8 heteroatoms. The van der Waals surface area contributed by atoms with Gasteiger partial charge in [-0.25, -0.2) is 4.79 Å². The van der Waals surface area contributed by atoms with Crippen molar-refractivity contribution in [1.82, 2.24) is 0 Å². The normalized spacial score (nSPS) is 13.4. The number of hydrogen-bond acceptors (Lipinski definition) is 6. The minimum absolute atomic E-state index is 0.0494. The Morgan fingerprint density at radius 1 is 0.600 bits per heavy atom. The monoisotopic (exact) mass is 707 g/mol. The maximum Gasteiger partial charge on any atom is 0.362 e. The topological polar surface area (TPSA) is 99.1 Å². The van der Waals surface area contributed by atoms with E-state index in [9.17, 15) is 19.5 Å². The van der Waals surface area contributed by atoms with E-state index in [2.05, 4.69) is 50.3 Å². The van der Waals surface area contributed by atoms with Crippen molar-refractivity contribution in [1.29, 1.82) is 0 Å². The van der Waals surface area contributed by atoms with Crippen molar-refractivity contribution >= 4 is 17.9 Å². The molecule has 0 fully saturated rings. The minimum atomic E-state index is -0.881. The second-order valence-corrected chi connectivity index (χ2v) is 14.6. The number of carboxylic acids is 1. The lowest BCUT2D eigenvalue weighted by atomic mass is 10.1. The third-order valence-electron chi connectivity index (χ3n) is 8.79. The zero-order valence-corrected chi connectivity index (χ0v) is 32.8. The second-order valence-electron chi connectivity index (χ2n) is 14.6. The van der Waals surface area contributed by atoms with Gasteiger partial charge in [0, 0.05) is 19.3 Å². The van der Waals surface area contributed by atoms with Crippen LogP contribution in [-0.2, 0) is 28.6 Å². The van der Waals surface area contributed by atoms with Gasteiger partial charge in [-0.05, 0) is 57.8 Å². The molecule has 0 radical (unpaired) electrons. The summed E-state index contributed by atoms with van der Waals surface area (Å²) in [5.74, 6) is -1.51. The molecule has 0 aliphatic carbocycles. The van der Waals surface area contributed by atoms with E-state index in [0.717, 1.165) is 51.4 Å². The first-order chi connectivity index (χ1) is 24.1. The first-order valence-corrected chi connectivity index (χ1v) is 20.0. The lowest BCUT2D eigenvalue weighted by Gasteiger charge is -2.31. The van der Waals surface area contributed by atoms with Crippen LogP contribution >= 0.6 is 0 Å². The summed E-state index contributed by atoms with van der Waals surface area (Å²) >= 11 is 0. The zero-order chi connectivity index (χ0) is 37.1. The molecule has 0 heterocycles. The van der Waals surface area contributed by atoms with Gasteiger partial charge in [-0.15, -0.1) is 0 Å². The molecular weight excluding hydrogens is 630 g/mol. The molecule has 2 unspecified atom stereocenters. The molecule has 0 aliphatic heterocycles. The van der Waals surface area contributed by atoms with Gasteiger partial charge in [0.1, 0.15) is 6.61 Å². The Labute approximate surface area is 306 Å². The van der Waals surface area contributed by atoms with E-state index in [-0.39, 0.29) is 36.2 Å². The Morgan fingerprint density at radius 2 is 1.08 bits per heavy atom. The van der Waals surface area contributed by atoms with Crippen LogP contribution in [0.15, 0.2) is 36.5 Å². The van der Waals surface area contributed by atoms with Crippen molar-refractivity contribution < 1.29 is 38.2 Å². The van der Waals surface area contributed by atoms with Gasteiger partial charge in [0.05, 0.1) is 34.4 Å². The molecule has 0 aromatic carbocycles. The molecule has 0 saturated heterocycles. The lowest BCUT2D eigenvalue weighted by molar-refractivity contribution is -0.887. The summed E-state index contributed by atoms with van der Waals surface area (Å²) in [5.41, 5.74) is 0. The molecule has 1 N–H and O–H groups in total. The number of rotatable bonds is 35. The molecular formula is C42H76NO7+. The molecule has 0 aromatic heterocycles. The number of carbonyl (C=O) groups excluding carboxylic acids is 2. The van der Waals surface area contributed by atoms with Gasteiger partial charge < -0.3 is 23.8 Å². The first-order valence-electron chi connectivity index (χ1n) is 20.0. The number of unbranched alkanes of at least 4 members (excludes halogenated alkanes) is 16. The predicted molar refractivity (Wildman–Crippen MR) is 206 cm³/mol. The summed E-state index contributed by atoms with van der Waals surface area (Å²) in [5, 5.41) is 9.58. The standard InChI is InChI=1S/C42H75NO7/c1-6-8-10-12-14-16-18-19-20-21-23-24-26-28-30-32-40(44)49-37-38(36-48-35-34-39(42(46)47)43(3,4)5)50-41(45)33-31-29-27-25-22-17-15-13-11-9-7-2/h13,15-18,22,38-39H,6-12,14,19-21,23-37H2,1-5H3/p+1/b15-13+,18-16+,22-17+. The summed E-state index contributed by atoms with van der Waals surface area (Å²) in [6, 6.07) is -0.618. The smallest absolute Gasteiger partial charge is 0.362 e. The highest BCUT2D eigenvalue weighted by Crippen LogP contribution is 2.13. The SMILES string of the molecule is CCCC/C=C/C=C/CCCCCC(=O)OC(COCCC(C(=O)O)[N+](C)(C)C)COC(=O)CCCCCCCCC/C=C/CCCCCC. The molecule has 0 bridgehead atoms. The predicted octanol–water partition coefficient (Wildman–Crippen LogP) is 10.3. The molecule has 50 heavy (non-hydrogen) atoms. The minimum Gasteiger partial charge on any atom is -0.477 e. The van der Waals surface area contributed by atoms with E-state index in [4.69, 9.17) is 14.2 Å². The van der Waals surface area contributed by atoms with E-state index in [1.807, 2.05) is 21.1 Å². The molecule has 0 aliphatic rings. The number of hydrogen-bond donors (Lipinski definition) is 1. The van der Waals surface area contributed by atoms with Crippen LogP contribution in [0.25, 0.3) is 0 Å². The van der Waals surface area contributed by atoms with Gasteiger partial charge in [0.25, 0.3) is 0 Å². The fourth-order valence-corrected chi connectivity index (χ4v) is 5.59. The molecule has 0 amide bonds. The molecule has 0 rings (SSSR count). The maximum absolute atomic E-state index is 12.6. The van der Waals surface area contributed by atoms with Gasteiger partial charge in [-0.1, -0.05) is 121 Å². The largest absolute Gasteiger partial charge is 0.477 e. The van der Waals surface area contributed by atoms with Crippen molar-refractivity contribution in [2.75, 3.05) is 41.0 Å². The summed E-state index contributed by atoms with van der Waals surface area (Å²) < 4.78 is 17.2. The number of likely N-dealkylation sites (N-methyl/N-ethyl adjacent to an activating group) is 1. The number of ether oxygens (including phenoxy) is 3. The number of aliphatic carboxylic acids is 1. The molecule has 0 aromatic rings. The average Bonchev–Trinajstić information content (AvgIpc) is 3.06. The van der Waals surface area contributed by atoms with Crippen LogP contribution in [0.3, 0.4) is 0 Å². The molecule has 2 atom stereocenters. The van der Waals surface area contributed by atoms with E-state index in [1.54, 1.807) is 0 Å². The highest BCUT2D eigenvalue weighted by molar-refractivity contribution is 5.72. The van der Waals surface area contributed by atoms with E-state index in [1.165, 1.54) is 77.0 Å². The van der Waals surface area contributed by atoms with Gasteiger partial charge in [0.15, 0.2) is 12.1 Å². The molecule has 0 saturated carbocycles. The molecule has 290 valence electrons. The van der Waals surface area contributed by atoms with E-state index < -0.39 is 18.1 Å². The highest BCUT2D eigenvalue weighted by atomic mass is 16.6. The van der Waals surface area contributed by atoms with Crippen molar-refractivity contribution in [3.63, 3.8) is 0 Å². The number of esters is 2. The number of allylic oxidation sites excluding steroid dienone is 6. The Balaban J connectivity index is 4.42. The summed E-state index contributed by atoms with van der Waals surface area (Å²) in [6.07, 6.45) is 36.1. The summed E-state index contributed by atoms with van der Waals surface area (Å²) in [7, 11) is 5.50. The lowest BCUT2D eigenvalue weighted by Crippen LogP contribution is -2.50. The van der Waals surface area contributed by atoms with Gasteiger partial charge in [0.2, 0.25) is 0 Å². The molecule has 0 spiro atoms. The van der Waals surface area contributed by atoms with Crippen molar-refractivity contribution in [2.24, 2.45) is 0 Å². The Kier molecular flexibility index (Phi) is 32.0. The zero-order valence-electron chi connectivity index (χ0n) is 32.8. The molecule has 8 nitrogen and oxygen atoms in total. The third kappa shape index (κ3) is 31.5. The van der Waals surface area contributed by atoms with E-state index >= 15 is 0 Å². The average molecular weight is 707 g/mol. The van der Waals surface area contributed by atoms with Crippen LogP contribution in [0.5, 0.6) is 0 Å². The van der Waals surface area contributed by atoms with Crippen LogP contribution in [-0.4, -0.2) is 80.6 Å². The first kappa shape index (κ1) is 47.5. The fraction of sp³-hybridized carbons (Fsp3) is 0.786. The fourth-order valence-electron chi connectivity index (χ4n) is 5.59. The van der Waals surface area contributed by atoms with Crippen molar-refractivity contribution in [3.8, 4) is 0 Å². The van der Waals surface area contributed by atoms with Crippen LogP contribution < -0.4 is 0 Å². The van der Waals surface area contributed by atoms with Crippen LogP contribution in [0, 0.1) is 0 Å². The van der Waals surface area contributed by atoms with Crippen LogP contribution in [0.2, 0.25) is 0 Å². The van der Waals surface area contributed by atoms with Crippen molar-refractivity contribution in [2.45, 2.75) is 174 Å². The third-order valence-corrected chi connectivity index (χ3v) is 8.79. The van der Waals surface area contributed by atoms with Crippen molar-refractivity contribution in [3.05, 3.63) is 36.5 Å². The highest BCUT2D eigenvalue weighted by Gasteiger charge is 2.31. The van der Waals surface area contributed by atoms with E-state index in [0.29, 0.717) is 19.3 Å². The number of nitrogens with zero attached hydrogens (tertiary/aromatic N) is 1. The number of carboxylic acid groups (broad SMARTS) is 1. The number of quaternary nitrogens is 1. The van der Waals surface area contributed by atoms with Crippen LogP contribution in [0.1, 0.15) is 162 Å². The van der Waals surface area contributed by atoms with Gasteiger partial charge in [-0.2, -0.15) is 0 Å².